The Morgan fingerprint density at radius 1 is 1.02 bits per heavy atom. The highest BCUT2D eigenvalue weighted by Gasteiger charge is 2.50. The molecule has 214 valence electrons. The minimum absolute atomic E-state index is 0.0168. The zero-order chi connectivity index (χ0) is 29.3. The van der Waals surface area contributed by atoms with Crippen molar-refractivity contribution >= 4 is 43.9 Å². The van der Waals surface area contributed by atoms with Crippen LogP contribution >= 0.6 is 11.3 Å². The summed E-state index contributed by atoms with van der Waals surface area (Å²) in [5.41, 5.74) is 4.24. The number of carbonyl (C=O) groups excluding carboxylic acids is 2. The lowest BCUT2D eigenvalue weighted by Gasteiger charge is -2.30. The van der Waals surface area contributed by atoms with Crippen molar-refractivity contribution in [1.29, 1.82) is 0 Å². The second kappa shape index (κ2) is 11.1. The summed E-state index contributed by atoms with van der Waals surface area (Å²) < 4.78 is 31.7. The molecule has 12 heteroatoms. The molecule has 5 aromatic rings. The fraction of sp³-hybridized carbons (Fsp3) is 0.200. The molecular formula is C30H26N4O6S2. The van der Waals surface area contributed by atoms with Crippen molar-refractivity contribution in [3.63, 3.8) is 0 Å². The Morgan fingerprint density at radius 2 is 1.81 bits per heavy atom. The number of fused-ring (bicyclic) bond motifs is 1. The maximum atomic E-state index is 14.0. The van der Waals surface area contributed by atoms with Gasteiger partial charge in [-0.05, 0) is 36.2 Å². The van der Waals surface area contributed by atoms with Crippen molar-refractivity contribution in [1.82, 2.24) is 20.3 Å². The Labute approximate surface area is 245 Å². The summed E-state index contributed by atoms with van der Waals surface area (Å²) in [5.74, 6) is -0.849. The van der Waals surface area contributed by atoms with Gasteiger partial charge in [-0.1, -0.05) is 42.5 Å². The highest BCUT2D eigenvalue weighted by molar-refractivity contribution is 7.92. The molecule has 1 aliphatic rings. The molecule has 0 aliphatic carbocycles. The average molecular weight is 603 g/mol. The summed E-state index contributed by atoms with van der Waals surface area (Å²) in [6.07, 6.45) is 4.10. The number of nitrogens with one attached hydrogen (secondary N) is 1. The molecule has 4 heterocycles. The van der Waals surface area contributed by atoms with Crippen LogP contribution in [0.4, 0.5) is 0 Å². The normalized spacial score (nSPS) is 18.5. The van der Waals surface area contributed by atoms with Crippen molar-refractivity contribution in [2.24, 2.45) is 0 Å². The summed E-state index contributed by atoms with van der Waals surface area (Å²) in [6, 6.07) is 20.1. The van der Waals surface area contributed by atoms with Crippen LogP contribution in [0, 0.1) is 0 Å². The number of hydroxylamine groups is 1. The molecule has 1 aliphatic heterocycles. The van der Waals surface area contributed by atoms with Gasteiger partial charge >= 0.3 is 0 Å². The van der Waals surface area contributed by atoms with Gasteiger partial charge in [-0.15, -0.1) is 11.3 Å². The molecular weight excluding hydrogens is 576 g/mol. The van der Waals surface area contributed by atoms with Crippen molar-refractivity contribution in [3.05, 3.63) is 96.0 Å². The van der Waals surface area contributed by atoms with E-state index in [2.05, 4.69) is 9.97 Å². The van der Waals surface area contributed by atoms with E-state index in [1.54, 1.807) is 42.1 Å². The monoisotopic (exact) mass is 602 g/mol. The maximum Gasteiger partial charge on any atom is 0.256 e. The second-order valence-corrected chi connectivity index (χ2v) is 13.6. The molecule has 3 aromatic heterocycles. The number of nitrogens with zero attached hydrogens (tertiary/aromatic N) is 3. The first-order valence-electron chi connectivity index (χ1n) is 13.2. The number of aromatic nitrogens is 2. The number of rotatable bonds is 6. The predicted octanol–water partition coefficient (Wildman–Crippen LogP) is 4.67. The summed E-state index contributed by atoms with van der Waals surface area (Å²) in [6.45, 7) is 0.0628. The fourth-order valence-corrected chi connectivity index (χ4v) is 9.02. The average Bonchev–Trinajstić information content (AvgIpc) is 3.71. The molecule has 2 N–H and O–H groups in total. The van der Waals surface area contributed by atoms with E-state index in [1.165, 1.54) is 22.6 Å². The quantitative estimate of drug-likeness (QED) is 0.211. The number of sulfone groups is 1. The Bertz CT molecular complexity index is 1860. The van der Waals surface area contributed by atoms with Crippen LogP contribution < -0.4 is 5.48 Å². The van der Waals surface area contributed by atoms with Gasteiger partial charge < -0.3 is 9.32 Å². The summed E-state index contributed by atoms with van der Waals surface area (Å²) in [5, 5.41) is 10.2. The smallest absolute Gasteiger partial charge is 0.256 e. The van der Waals surface area contributed by atoms with E-state index in [-0.39, 0.29) is 31.2 Å². The lowest BCUT2D eigenvalue weighted by atomic mass is 9.97. The lowest BCUT2D eigenvalue weighted by molar-refractivity contribution is -0.129. The number of thiophene rings is 1. The third kappa shape index (κ3) is 4.97. The van der Waals surface area contributed by atoms with Crippen LogP contribution in [0.25, 0.3) is 32.7 Å². The van der Waals surface area contributed by atoms with Crippen molar-refractivity contribution in [3.8, 4) is 21.8 Å². The number of carbonyl (C=O) groups is 2. The Balaban J connectivity index is 1.34. The standard InChI is InChI=1S/C30H26N4O6S2/c35-27(33-37)17-30(26-11-10-25(41-26)21-8-6-20(7-9-21)24-18-31-19-40-24)12-14-34(15-16-42(30,38)39)29(36)23-5-1-3-22-4-2-13-32-28(22)23/h1-11,13,18-19,37H,12,14-17H2,(H,33,35). The number of pyridine rings is 1. The van der Waals surface area contributed by atoms with E-state index in [9.17, 15) is 23.2 Å². The number of oxazole rings is 1. The van der Waals surface area contributed by atoms with E-state index in [0.717, 1.165) is 21.4 Å². The van der Waals surface area contributed by atoms with Crippen LogP contribution in [-0.2, 0) is 19.4 Å². The zero-order valence-electron chi connectivity index (χ0n) is 22.3. The van der Waals surface area contributed by atoms with E-state index >= 15 is 0 Å². The highest BCUT2D eigenvalue weighted by atomic mass is 32.2. The number of hydrogen-bond donors (Lipinski definition) is 2. The highest BCUT2D eigenvalue weighted by Crippen LogP contribution is 2.45. The van der Waals surface area contributed by atoms with Gasteiger partial charge in [-0.3, -0.25) is 19.8 Å². The SMILES string of the molecule is O=C(CC1(c2ccc(-c3ccc(-c4cnco4)cc3)s2)CCN(C(=O)c2cccc3cccnc23)CCS1(=O)=O)NO. The van der Waals surface area contributed by atoms with Crippen LogP contribution in [-0.4, -0.2) is 59.1 Å². The van der Waals surface area contributed by atoms with E-state index in [0.29, 0.717) is 21.7 Å². The molecule has 1 fully saturated rings. The van der Waals surface area contributed by atoms with Crippen LogP contribution in [0.5, 0.6) is 0 Å². The van der Waals surface area contributed by atoms with Crippen LogP contribution in [0.2, 0.25) is 0 Å². The van der Waals surface area contributed by atoms with E-state index in [4.69, 9.17) is 4.42 Å². The molecule has 42 heavy (non-hydrogen) atoms. The second-order valence-electron chi connectivity index (χ2n) is 10.1. The largest absolute Gasteiger partial charge is 0.444 e. The first-order chi connectivity index (χ1) is 20.3. The lowest BCUT2D eigenvalue weighted by Crippen LogP contribution is -2.41. The van der Waals surface area contributed by atoms with Gasteiger partial charge in [0.2, 0.25) is 5.91 Å². The Hall–Kier alpha value is -4.39. The van der Waals surface area contributed by atoms with Gasteiger partial charge in [-0.25, -0.2) is 18.9 Å². The van der Waals surface area contributed by atoms with Gasteiger partial charge in [0.25, 0.3) is 5.91 Å². The molecule has 0 radical (unpaired) electrons. The maximum absolute atomic E-state index is 14.0. The third-order valence-electron chi connectivity index (χ3n) is 7.67. The molecule has 10 nitrogen and oxygen atoms in total. The summed E-state index contributed by atoms with van der Waals surface area (Å²) in [7, 11) is -3.97. The topological polar surface area (TPSA) is 143 Å². The Morgan fingerprint density at radius 3 is 2.57 bits per heavy atom. The van der Waals surface area contributed by atoms with Crippen molar-refractivity contribution in [2.75, 3.05) is 18.8 Å². The summed E-state index contributed by atoms with van der Waals surface area (Å²) in [4.78, 5) is 37.3. The minimum atomic E-state index is -3.97. The molecule has 6 rings (SSSR count). The molecule has 1 atom stereocenters. The molecule has 2 amide bonds. The number of hydrogen-bond acceptors (Lipinski definition) is 9. The molecule has 1 saturated heterocycles. The van der Waals surface area contributed by atoms with Crippen molar-refractivity contribution in [2.45, 2.75) is 17.6 Å². The van der Waals surface area contributed by atoms with Gasteiger partial charge in [-0.2, -0.15) is 0 Å². The molecule has 0 bridgehead atoms. The van der Waals surface area contributed by atoms with Crippen LogP contribution in [0.3, 0.4) is 0 Å². The van der Waals surface area contributed by atoms with Crippen molar-refractivity contribution < 1.29 is 27.6 Å². The molecule has 0 spiro atoms. The van der Waals surface area contributed by atoms with E-state index in [1.807, 2.05) is 42.5 Å². The van der Waals surface area contributed by atoms with E-state index < -0.39 is 26.9 Å². The number of para-hydroxylation sites is 1. The van der Waals surface area contributed by atoms with Gasteiger partial charge in [0.15, 0.2) is 22.0 Å². The molecule has 1 unspecified atom stereocenters. The summed E-state index contributed by atoms with van der Waals surface area (Å²) >= 11 is 1.28. The van der Waals surface area contributed by atoms with Crippen LogP contribution in [0.15, 0.2) is 89.9 Å². The molecule has 2 aromatic carbocycles. The number of benzene rings is 2. The first-order valence-corrected chi connectivity index (χ1v) is 15.7. The zero-order valence-corrected chi connectivity index (χ0v) is 23.9. The third-order valence-corrected chi connectivity index (χ3v) is 11.6. The van der Waals surface area contributed by atoms with Gasteiger partial charge in [0.1, 0.15) is 4.75 Å². The fourth-order valence-electron chi connectivity index (χ4n) is 5.41. The van der Waals surface area contributed by atoms with Gasteiger partial charge in [0, 0.05) is 40.0 Å². The minimum Gasteiger partial charge on any atom is -0.444 e. The predicted molar refractivity (Wildman–Crippen MR) is 158 cm³/mol. The molecule has 0 saturated carbocycles. The van der Waals surface area contributed by atoms with Gasteiger partial charge in [0.05, 0.1) is 29.5 Å². The first kappa shape index (κ1) is 27.8. The Kier molecular flexibility index (Phi) is 7.35. The number of amides is 2. The van der Waals surface area contributed by atoms with Crippen LogP contribution in [0.1, 0.15) is 28.1 Å².